The number of nitrogens with zero attached hydrogens (tertiary/aromatic N) is 1. The standard InChI is InChI=1S/C23H29F2N3O6/c1-2-3-4-6-17(12-28(32)15-29)22(30)26-14-27-23(31)20-10-9-19(34-20)16-7-5-8-18(11-16)33-13-21(24)25/h5,7-11,15,17,21,32H,2-4,6,12-14H2,1H3,(H,26,30)(H,27,31)/t17-/m1/s1. The van der Waals surface area contributed by atoms with Crippen molar-refractivity contribution in [3.63, 3.8) is 0 Å². The van der Waals surface area contributed by atoms with Gasteiger partial charge in [-0.05, 0) is 30.7 Å². The molecule has 2 aromatic rings. The first-order valence-corrected chi connectivity index (χ1v) is 10.9. The molecule has 3 amide bonds. The van der Waals surface area contributed by atoms with Crippen molar-refractivity contribution in [3.05, 3.63) is 42.2 Å². The number of hydrogen-bond donors (Lipinski definition) is 3. The number of rotatable bonds is 15. The van der Waals surface area contributed by atoms with E-state index in [0.717, 1.165) is 19.3 Å². The summed E-state index contributed by atoms with van der Waals surface area (Å²) in [6, 6.07) is 9.35. The van der Waals surface area contributed by atoms with Gasteiger partial charge in [-0.2, -0.15) is 0 Å². The fourth-order valence-electron chi connectivity index (χ4n) is 3.17. The smallest absolute Gasteiger partial charge is 0.288 e. The number of alkyl halides is 2. The van der Waals surface area contributed by atoms with Gasteiger partial charge in [0.25, 0.3) is 12.3 Å². The van der Waals surface area contributed by atoms with Gasteiger partial charge in [-0.15, -0.1) is 0 Å². The summed E-state index contributed by atoms with van der Waals surface area (Å²) in [4.78, 5) is 35.5. The zero-order valence-electron chi connectivity index (χ0n) is 18.8. The van der Waals surface area contributed by atoms with E-state index in [2.05, 4.69) is 10.6 Å². The molecule has 1 atom stereocenters. The van der Waals surface area contributed by atoms with E-state index >= 15 is 0 Å². The summed E-state index contributed by atoms with van der Waals surface area (Å²) in [5, 5.41) is 14.9. The molecule has 1 aromatic carbocycles. The summed E-state index contributed by atoms with van der Waals surface area (Å²) in [7, 11) is 0. The first kappa shape index (κ1) is 26.8. The maximum Gasteiger partial charge on any atom is 0.288 e. The van der Waals surface area contributed by atoms with Crippen LogP contribution in [0, 0.1) is 5.92 Å². The number of amides is 3. The van der Waals surface area contributed by atoms with Gasteiger partial charge in [0.2, 0.25) is 12.3 Å². The van der Waals surface area contributed by atoms with Gasteiger partial charge in [0.05, 0.1) is 19.1 Å². The van der Waals surface area contributed by atoms with Crippen LogP contribution in [-0.4, -0.2) is 54.7 Å². The first-order chi connectivity index (χ1) is 16.3. The quantitative estimate of drug-likeness (QED) is 0.118. The Morgan fingerprint density at radius 1 is 1.21 bits per heavy atom. The highest BCUT2D eigenvalue weighted by atomic mass is 19.3. The Morgan fingerprint density at radius 2 is 2.00 bits per heavy atom. The van der Waals surface area contributed by atoms with Crippen LogP contribution in [0.25, 0.3) is 11.3 Å². The van der Waals surface area contributed by atoms with E-state index in [1.165, 1.54) is 18.2 Å². The average molecular weight is 481 g/mol. The molecule has 1 aromatic heterocycles. The van der Waals surface area contributed by atoms with E-state index in [1.54, 1.807) is 18.2 Å². The molecule has 186 valence electrons. The number of hydroxylamine groups is 2. The summed E-state index contributed by atoms with van der Waals surface area (Å²) >= 11 is 0. The molecule has 3 N–H and O–H groups in total. The number of carbonyl (C=O) groups is 3. The summed E-state index contributed by atoms with van der Waals surface area (Å²) in [5.41, 5.74) is 0.540. The van der Waals surface area contributed by atoms with Crippen LogP contribution in [0.15, 0.2) is 40.8 Å². The Bertz CT molecular complexity index is 937. The third-order valence-electron chi connectivity index (χ3n) is 4.89. The van der Waals surface area contributed by atoms with Crippen molar-refractivity contribution in [2.24, 2.45) is 5.92 Å². The Kier molecular flexibility index (Phi) is 11.0. The SMILES string of the molecule is CCCCC[C@H](CN(O)C=O)C(=O)NCNC(=O)c1ccc(-c2cccc(OCC(F)F)c2)o1. The van der Waals surface area contributed by atoms with E-state index in [1.807, 2.05) is 6.92 Å². The number of furan rings is 1. The van der Waals surface area contributed by atoms with Crippen molar-refractivity contribution in [2.75, 3.05) is 19.8 Å². The minimum absolute atomic E-state index is 0.00913. The maximum atomic E-state index is 12.4. The van der Waals surface area contributed by atoms with Crippen LogP contribution in [-0.2, 0) is 9.59 Å². The van der Waals surface area contributed by atoms with E-state index in [-0.39, 0.29) is 31.1 Å². The molecule has 0 unspecified atom stereocenters. The van der Waals surface area contributed by atoms with Gasteiger partial charge < -0.3 is 19.8 Å². The molecular weight excluding hydrogens is 452 g/mol. The molecule has 0 saturated heterocycles. The van der Waals surface area contributed by atoms with E-state index < -0.39 is 30.8 Å². The zero-order chi connectivity index (χ0) is 24.9. The lowest BCUT2D eigenvalue weighted by atomic mass is 10.0. The van der Waals surface area contributed by atoms with Gasteiger partial charge in [-0.3, -0.25) is 19.6 Å². The van der Waals surface area contributed by atoms with Crippen molar-refractivity contribution in [1.29, 1.82) is 0 Å². The molecule has 0 aliphatic heterocycles. The minimum Gasteiger partial charge on any atom is -0.488 e. The molecule has 2 rings (SSSR count). The second kappa shape index (κ2) is 13.9. The summed E-state index contributed by atoms with van der Waals surface area (Å²) in [6.07, 6.45) is 0.755. The van der Waals surface area contributed by atoms with Crippen molar-refractivity contribution in [1.82, 2.24) is 15.7 Å². The predicted octanol–water partition coefficient (Wildman–Crippen LogP) is 3.44. The van der Waals surface area contributed by atoms with Crippen LogP contribution < -0.4 is 15.4 Å². The number of ether oxygens (including phenoxy) is 1. The van der Waals surface area contributed by atoms with Crippen molar-refractivity contribution < 1.29 is 37.5 Å². The van der Waals surface area contributed by atoms with Crippen LogP contribution in [0.4, 0.5) is 8.78 Å². The second-order valence-corrected chi connectivity index (χ2v) is 7.54. The lowest BCUT2D eigenvalue weighted by Gasteiger charge is -2.19. The molecule has 11 heteroatoms. The van der Waals surface area contributed by atoms with Gasteiger partial charge >= 0.3 is 0 Å². The van der Waals surface area contributed by atoms with Gasteiger partial charge in [-0.1, -0.05) is 38.3 Å². The van der Waals surface area contributed by atoms with E-state index in [0.29, 0.717) is 22.8 Å². The molecule has 0 aliphatic carbocycles. The fraction of sp³-hybridized carbons (Fsp3) is 0.435. The third kappa shape index (κ3) is 8.81. The van der Waals surface area contributed by atoms with Crippen LogP contribution in [0.2, 0.25) is 0 Å². The molecule has 1 heterocycles. The first-order valence-electron chi connectivity index (χ1n) is 10.9. The van der Waals surface area contributed by atoms with Crippen molar-refractivity contribution in [3.8, 4) is 17.1 Å². The summed E-state index contributed by atoms with van der Waals surface area (Å²) in [6.45, 7) is 0.967. The Balaban J connectivity index is 1.90. The highest BCUT2D eigenvalue weighted by molar-refractivity contribution is 5.92. The highest BCUT2D eigenvalue weighted by Gasteiger charge is 2.21. The second-order valence-electron chi connectivity index (χ2n) is 7.54. The Labute approximate surface area is 196 Å². The number of hydrogen-bond acceptors (Lipinski definition) is 6. The number of carbonyl (C=O) groups excluding carboxylic acids is 3. The molecule has 34 heavy (non-hydrogen) atoms. The Morgan fingerprint density at radius 3 is 2.71 bits per heavy atom. The lowest BCUT2D eigenvalue weighted by Crippen LogP contribution is -2.42. The topological polar surface area (TPSA) is 121 Å². The van der Waals surface area contributed by atoms with Crippen molar-refractivity contribution in [2.45, 2.75) is 39.0 Å². The summed E-state index contributed by atoms with van der Waals surface area (Å²) < 4.78 is 35.2. The van der Waals surface area contributed by atoms with Crippen LogP contribution in [0.1, 0.15) is 43.2 Å². The molecule has 0 bridgehead atoms. The van der Waals surface area contributed by atoms with E-state index in [4.69, 9.17) is 9.15 Å². The zero-order valence-corrected chi connectivity index (χ0v) is 18.8. The number of halogens is 2. The maximum absolute atomic E-state index is 12.4. The minimum atomic E-state index is -2.60. The van der Waals surface area contributed by atoms with E-state index in [9.17, 15) is 28.4 Å². The molecular formula is C23H29F2N3O6. The average Bonchev–Trinajstić information content (AvgIpc) is 3.32. The third-order valence-corrected chi connectivity index (χ3v) is 4.89. The number of benzene rings is 1. The van der Waals surface area contributed by atoms with Crippen LogP contribution in [0.5, 0.6) is 5.75 Å². The monoisotopic (exact) mass is 481 g/mol. The number of nitrogens with one attached hydrogen (secondary N) is 2. The van der Waals surface area contributed by atoms with Gasteiger partial charge in [-0.25, -0.2) is 13.8 Å². The van der Waals surface area contributed by atoms with Gasteiger partial charge in [0, 0.05) is 5.56 Å². The van der Waals surface area contributed by atoms with Crippen molar-refractivity contribution >= 4 is 18.2 Å². The predicted molar refractivity (Wildman–Crippen MR) is 118 cm³/mol. The summed E-state index contributed by atoms with van der Waals surface area (Å²) in [5.74, 6) is -1.02. The largest absolute Gasteiger partial charge is 0.488 e. The van der Waals surface area contributed by atoms with Crippen LogP contribution in [0.3, 0.4) is 0 Å². The Hall–Kier alpha value is -3.47. The lowest BCUT2D eigenvalue weighted by molar-refractivity contribution is -0.154. The highest BCUT2D eigenvalue weighted by Crippen LogP contribution is 2.26. The molecule has 9 nitrogen and oxygen atoms in total. The van der Waals surface area contributed by atoms with Gasteiger partial charge in [0.15, 0.2) is 5.76 Å². The van der Waals surface area contributed by atoms with Crippen LogP contribution >= 0.6 is 0 Å². The molecule has 0 saturated carbocycles. The van der Waals surface area contributed by atoms with Gasteiger partial charge in [0.1, 0.15) is 18.1 Å². The molecule has 0 spiro atoms. The normalized spacial score (nSPS) is 11.7. The number of unbranched alkanes of at least 4 members (excludes halogenated alkanes) is 2. The molecule has 0 aliphatic rings. The fourth-order valence-corrected chi connectivity index (χ4v) is 3.17. The molecule has 0 radical (unpaired) electrons. The molecule has 0 fully saturated rings.